The summed E-state index contributed by atoms with van der Waals surface area (Å²) < 4.78 is 10.4. The zero-order chi connectivity index (χ0) is 15.7. The summed E-state index contributed by atoms with van der Waals surface area (Å²) in [4.78, 5) is 26.0. The van der Waals surface area contributed by atoms with Crippen molar-refractivity contribution in [3.8, 4) is 5.75 Å². The Bertz CT molecular complexity index is 711. The normalized spacial score (nSPS) is 21.1. The molecule has 2 heterocycles. The lowest BCUT2D eigenvalue weighted by Crippen LogP contribution is -2.40. The van der Waals surface area contributed by atoms with Gasteiger partial charge in [0, 0.05) is 0 Å². The van der Waals surface area contributed by atoms with E-state index in [2.05, 4.69) is 5.32 Å². The molecule has 6 heteroatoms. The molecule has 3 rings (SSSR count). The number of ether oxygens (including phenoxy) is 1. The SMILES string of the molecule is COc1cccc(CN2C(=O)NC(C)(c3ccco3)C2=O)c1. The van der Waals surface area contributed by atoms with E-state index in [0.717, 1.165) is 5.56 Å². The molecule has 1 N–H and O–H groups in total. The minimum absolute atomic E-state index is 0.179. The van der Waals surface area contributed by atoms with E-state index in [1.54, 1.807) is 32.2 Å². The van der Waals surface area contributed by atoms with Gasteiger partial charge in [-0.05, 0) is 36.8 Å². The number of furan rings is 1. The molecule has 1 aromatic carbocycles. The predicted molar refractivity (Wildman–Crippen MR) is 78.1 cm³/mol. The van der Waals surface area contributed by atoms with Gasteiger partial charge in [-0.3, -0.25) is 9.69 Å². The number of amides is 3. The molecule has 1 aliphatic heterocycles. The maximum atomic E-state index is 12.6. The van der Waals surface area contributed by atoms with Gasteiger partial charge in [0.25, 0.3) is 5.91 Å². The van der Waals surface area contributed by atoms with Crippen LogP contribution in [0.1, 0.15) is 18.2 Å². The molecule has 1 saturated heterocycles. The van der Waals surface area contributed by atoms with Crippen LogP contribution in [0, 0.1) is 0 Å². The van der Waals surface area contributed by atoms with Gasteiger partial charge in [-0.1, -0.05) is 12.1 Å². The quantitative estimate of drug-likeness (QED) is 0.879. The molecule has 1 fully saturated rings. The topological polar surface area (TPSA) is 71.8 Å². The van der Waals surface area contributed by atoms with Crippen LogP contribution < -0.4 is 10.1 Å². The third-order valence-electron chi connectivity index (χ3n) is 3.76. The van der Waals surface area contributed by atoms with Crippen molar-refractivity contribution >= 4 is 11.9 Å². The van der Waals surface area contributed by atoms with Gasteiger partial charge in [-0.25, -0.2) is 4.79 Å². The van der Waals surface area contributed by atoms with Crippen molar-refractivity contribution in [1.82, 2.24) is 10.2 Å². The number of carbonyl (C=O) groups is 2. The third kappa shape index (κ3) is 2.22. The number of hydrogen-bond donors (Lipinski definition) is 1. The van der Waals surface area contributed by atoms with Crippen LogP contribution in [0.25, 0.3) is 0 Å². The van der Waals surface area contributed by atoms with E-state index < -0.39 is 11.6 Å². The van der Waals surface area contributed by atoms with Crippen LogP contribution in [0.3, 0.4) is 0 Å². The Labute approximate surface area is 127 Å². The fourth-order valence-electron chi connectivity index (χ4n) is 2.52. The van der Waals surface area contributed by atoms with Crippen molar-refractivity contribution in [1.29, 1.82) is 0 Å². The average molecular weight is 300 g/mol. The van der Waals surface area contributed by atoms with Gasteiger partial charge in [-0.2, -0.15) is 0 Å². The lowest BCUT2D eigenvalue weighted by Gasteiger charge is -2.19. The summed E-state index contributed by atoms with van der Waals surface area (Å²) in [5, 5.41) is 2.69. The molecular weight excluding hydrogens is 284 g/mol. The number of benzene rings is 1. The standard InChI is InChI=1S/C16H16N2O4/c1-16(13-7-4-8-22-13)14(19)18(15(20)17-16)10-11-5-3-6-12(9-11)21-2/h3-9H,10H2,1-2H3,(H,17,20). The Morgan fingerprint density at radius 2 is 2.09 bits per heavy atom. The number of imide groups is 1. The van der Waals surface area contributed by atoms with Gasteiger partial charge in [0.2, 0.25) is 0 Å². The second-order valence-electron chi connectivity index (χ2n) is 5.28. The minimum Gasteiger partial charge on any atom is -0.497 e. The highest BCUT2D eigenvalue weighted by atomic mass is 16.5. The van der Waals surface area contributed by atoms with E-state index in [4.69, 9.17) is 9.15 Å². The second kappa shape index (κ2) is 5.22. The molecule has 114 valence electrons. The lowest BCUT2D eigenvalue weighted by atomic mass is 9.99. The van der Waals surface area contributed by atoms with Crippen LogP contribution in [0.5, 0.6) is 5.75 Å². The largest absolute Gasteiger partial charge is 0.497 e. The minimum atomic E-state index is -1.17. The van der Waals surface area contributed by atoms with Gasteiger partial charge in [0.15, 0.2) is 5.54 Å². The second-order valence-corrected chi connectivity index (χ2v) is 5.28. The number of nitrogens with zero attached hydrogens (tertiary/aromatic N) is 1. The lowest BCUT2D eigenvalue weighted by molar-refractivity contribution is -0.132. The van der Waals surface area contributed by atoms with E-state index >= 15 is 0 Å². The van der Waals surface area contributed by atoms with Gasteiger partial charge < -0.3 is 14.5 Å². The molecule has 0 saturated carbocycles. The van der Waals surface area contributed by atoms with Crippen LogP contribution in [0.4, 0.5) is 4.79 Å². The first-order chi connectivity index (χ1) is 10.5. The van der Waals surface area contributed by atoms with Crippen LogP contribution in [0.15, 0.2) is 47.1 Å². The summed E-state index contributed by atoms with van der Waals surface area (Å²) in [6.45, 7) is 1.82. The third-order valence-corrected chi connectivity index (χ3v) is 3.76. The van der Waals surface area contributed by atoms with E-state index in [0.29, 0.717) is 11.5 Å². The van der Waals surface area contributed by atoms with Crippen molar-refractivity contribution in [2.45, 2.75) is 19.0 Å². The number of hydrogen-bond acceptors (Lipinski definition) is 4. The molecule has 0 spiro atoms. The van der Waals surface area contributed by atoms with Crippen molar-refractivity contribution < 1.29 is 18.7 Å². The zero-order valence-electron chi connectivity index (χ0n) is 12.3. The molecule has 0 bridgehead atoms. The molecule has 22 heavy (non-hydrogen) atoms. The highest BCUT2D eigenvalue weighted by molar-refractivity contribution is 6.06. The number of methoxy groups -OCH3 is 1. The molecule has 1 aliphatic rings. The molecule has 6 nitrogen and oxygen atoms in total. The highest BCUT2D eigenvalue weighted by Crippen LogP contribution is 2.30. The Kier molecular flexibility index (Phi) is 3.36. The van der Waals surface area contributed by atoms with Crippen molar-refractivity contribution in [2.24, 2.45) is 0 Å². The monoisotopic (exact) mass is 300 g/mol. The van der Waals surface area contributed by atoms with Crippen LogP contribution in [0.2, 0.25) is 0 Å². The van der Waals surface area contributed by atoms with Gasteiger partial charge in [0.05, 0.1) is 19.9 Å². The van der Waals surface area contributed by atoms with Crippen LogP contribution in [-0.2, 0) is 16.9 Å². The van der Waals surface area contributed by atoms with Crippen molar-refractivity contribution in [3.05, 3.63) is 54.0 Å². The van der Waals surface area contributed by atoms with Gasteiger partial charge in [-0.15, -0.1) is 0 Å². The van der Waals surface area contributed by atoms with E-state index in [9.17, 15) is 9.59 Å². The molecule has 2 aromatic rings. The summed E-state index contributed by atoms with van der Waals surface area (Å²) in [7, 11) is 1.57. The zero-order valence-corrected chi connectivity index (χ0v) is 12.3. The molecule has 1 unspecified atom stereocenters. The predicted octanol–water partition coefficient (Wildman–Crippen LogP) is 2.26. The van der Waals surface area contributed by atoms with Crippen LogP contribution >= 0.6 is 0 Å². The molecule has 1 atom stereocenters. The number of carbonyl (C=O) groups excluding carboxylic acids is 2. The van der Waals surface area contributed by atoms with Gasteiger partial charge in [0.1, 0.15) is 11.5 Å². The molecule has 0 radical (unpaired) electrons. The molecule has 3 amide bonds. The van der Waals surface area contributed by atoms with Gasteiger partial charge >= 0.3 is 6.03 Å². The summed E-state index contributed by atoms with van der Waals surface area (Å²) in [6, 6.07) is 10.2. The van der Waals surface area contributed by atoms with E-state index in [1.807, 2.05) is 18.2 Å². The molecular formula is C16H16N2O4. The first-order valence-electron chi connectivity index (χ1n) is 6.85. The Balaban J connectivity index is 1.86. The molecule has 1 aromatic heterocycles. The fraction of sp³-hybridized carbons (Fsp3) is 0.250. The summed E-state index contributed by atoms with van der Waals surface area (Å²) in [5.41, 5.74) is -0.356. The Morgan fingerprint density at radius 3 is 2.77 bits per heavy atom. The van der Waals surface area contributed by atoms with Crippen molar-refractivity contribution in [2.75, 3.05) is 7.11 Å². The first kappa shape index (κ1) is 14.2. The Hall–Kier alpha value is -2.76. The number of rotatable bonds is 4. The summed E-state index contributed by atoms with van der Waals surface area (Å²) >= 11 is 0. The van der Waals surface area contributed by atoms with Crippen LogP contribution in [-0.4, -0.2) is 23.9 Å². The van der Waals surface area contributed by atoms with Crippen molar-refractivity contribution in [3.63, 3.8) is 0 Å². The van der Waals surface area contributed by atoms with E-state index in [1.165, 1.54) is 11.2 Å². The maximum Gasteiger partial charge on any atom is 0.325 e. The number of nitrogens with one attached hydrogen (secondary N) is 1. The first-order valence-corrected chi connectivity index (χ1v) is 6.85. The highest BCUT2D eigenvalue weighted by Gasteiger charge is 2.50. The maximum absolute atomic E-state index is 12.6. The summed E-state index contributed by atoms with van der Waals surface area (Å²) in [5.74, 6) is 0.757. The smallest absolute Gasteiger partial charge is 0.325 e. The average Bonchev–Trinajstić information content (AvgIpc) is 3.12. The van der Waals surface area contributed by atoms with E-state index in [-0.39, 0.29) is 12.5 Å². The fourth-order valence-corrected chi connectivity index (χ4v) is 2.52. The summed E-state index contributed by atoms with van der Waals surface area (Å²) in [6.07, 6.45) is 1.48. The molecule has 0 aliphatic carbocycles. The number of urea groups is 1. The Morgan fingerprint density at radius 1 is 1.27 bits per heavy atom.